The summed E-state index contributed by atoms with van der Waals surface area (Å²) in [5.41, 5.74) is 3.79. The van der Waals surface area contributed by atoms with Crippen LogP contribution in [-0.4, -0.2) is 19.5 Å². The summed E-state index contributed by atoms with van der Waals surface area (Å²) in [7, 11) is 0. The minimum atomic E-state index is 0.314. The Hall–Kier alpha value is -2.41. The van der Waals surface area contributed by atoms with Gasteiger partial charge in [0.05, 0.1) is 0 Å². The first-order valence-corrected chi connectivity index (χ1v) is 9.37. The summed E-state index contributed by atoms with van der Waals surface area (Å²) >= 11 is 0.314. The van der Waals surface area contributed by atoms with E-state index in [1.54, 1.807) is 0 Å². The molecule has 0 unspecified atom stereocenters. The summed E-state index contributed by atoms with van der Waals surface area (Å²) in [6.07, 6.45) is 1.95. The van der Waals surface area contributed by atoms with E-state index in [0.717, 1.165) is 0 Å². The van der Waals surface area contributed by atoms with Crippen molar-refractivity contribution in [3.05, 3.63) is 79.0 Å². The molecule has 0 N–H and O–H groups in total. The number of fused-ring (bicyclic) bond motifs is 4. The van der Waals surface area contributed by atoms with Crippen molar-refractivity contribution >= 4 is 44.7 Å². The van der Waals surface area contributed by atoms with Crippen molar-refractivity contribution in [2.24, 2.45) is 0 Å². The Labute approximate surface area is 140 Å². The van der Waals surface area contributed by atoms with Crippen LogP contribution in [0.25, 0.3) is 41.3 Å². The zero-order valence-corrected chi connectivity index (χ0v) is 14.1. The molecule has 1 nitrogen and oxygen atoms in total. The number of hydrogen-bond donors (Lipinski definition) is 0. The summed E-state index contributed by atoms with van der Waals surface area (Å²) < 4.78 is 2.86. The molecule has 2 heterocycles. The maximum atomic E-state index is 4.71. The van der Waals surface area contributed by atoms with Crippen LogP contribution in [0.4, 0.5) is 0 Å². The molecule has 0 atom stereocenters. The normalized spacial score (nSPS) is 11.5. The van der Waals surface area contributed by atoms with E-state index >= 15 is 0 Å². The van der Waals surface area contributed by atoms with Crippen LogP contribution in [0, 0.1) is 0 Å². The fourth-order valence-corrected chi connectivity index (χ4v) is 5.76. The van der Waals surface area contributed by atoms with Gasteiger partial charge in [-0.1, -0.05) is 0 Å². The van der Waals surface area contributed by atoms with Crippen molar-refractivity contribution in [3.8, 4) is 11.1 Å². The standard InChI is InChI=1S/C21H13NSe/c1-2-6-14(7-3-1)17-10-11-22-20-18-12-15-8-4-5-9-16(15)13-19(18)23-21(17)20/h1-13H. The molecule has 5 aromatic rings. The van der Waals surface area contributed by atoms with Crippen LogP contribution >= 0.6 is 0 Å². The minimum absolute atomic E-state index is 0.314. The Morgan fingerprint density at radius 2 is 1.48 bits per heavy atom. The first-order chi connectivity index (χ1) is 11.4. The molecule has 23 heavy (non-hydrogen) atoms. The van der Waals surface area contributed by atoms with Crippen molar-refractivity contribution < 1.29 is 0 Å². The molecule has 0 aliphatic rings. The molecule has 0 fully saturated rings. The maximum absolute atomic E-state index is 4.71. The second-order valence-corrected chi connectivity index (χ2v) is 7.91. The zero-order chi connectivity index (χ0) is 15.2. The molecule has 108 valence electrons. The Balaban J connectivity index is 1.91. The van der Waals surface area contributed by atoms with E-state index in [1.807, 2.05) is 6.20 Å². The van der Waals surface area contributed by atoms with Gasteiger partial charge >= 0.3 is 140 Å². The molecular formula is C21H13NSe. The third-order valence-electron chi connectivity index (χ3n) is 4.30. The number of hydrogen-bond acceptors (Lipinski definition) is 1. The number of aromatic nitrogens is 1. The average Bonchev–Trinajstić information content (AvgIpc) is 2.98. The number of nitrogens with zero attached hydrogens (tertiary/aromatic N) is 1. The molecule has 2 heteroatoms. The monoisotopic (exact) mass is 359 g/mol. The van der Waals surface area contributed by atoms with E-state index in [4.69, 9.17) is 4.98 Å². The third kappa shape index (κ3) is 2.03. The first kappa shape index (κ1) is 13.1. The summed E-state index contributed by atoms with van der Waals surface area (Å²) in [4.78, 5) is 4.71. The van der Waals surface area contributed by atoms with Crippen molar-refractivity contribution in [1.82, 2.24) is 4.98 Å². The van der Waals surface area contributed by atoms with E-state index in [2.05, 4.69) is 72.8 Å². The van der Waals surface area contributed by atoms with Crippen LogP contribution in [0.3, 0.4) is 0 Å². The van der Waals surface area contributed by atoms with Gasteiger partial charge in [0.25, 0.3) is 0 Å². The van der Waals surface area contributed by atoms with Crippen molar-refractivity contribution in [2.75, 3.05) is 0 Å². The molecule has 0 aliphatic carbocycles. The van der Waals surface area contributed by atoms with Crippen molar-refractivity contribution in [3.63, 3.8) is 0 Å². The van der Waals surface area contributed by atoms with Gasteiger partial charge in [-0.3, -0.25) is 0 Å². The van der Waals surface area contributed by atoms with E-state index in [1.165, 1.54) is 41.3 Å². The summed E-state index contributed by atoms with van der Waals surface area (Å²) in [6.45, 7) is 0. The Bertz CT molecular complexity index is 1160. The van der Waals surface area contributed by atoms with Crippen LogP contribution in [0.2, 0.25) is 0 Å². The molecule has 0 saturated heterocycles. The molecule has 0 aliphatic heterocycles. The second kappa shape index (κ2) is 5.06. The molecule has 2 aromatic heterocycles. The third-order valence-corrected chi connectivity index (χ3v) is 6.77. The molecular weight excluding hydrogens is 345 g/mol. The van der Waals surface area contributed by atoms with Crippen LogP contribution < -0.4 is 0 Å². The molecule has 0 amide bonds. The molecule has 0 saturated carbocycles. The van der Waals surface area contributed by atoms with Gasteiger partial charge in [-0.15, -0.1) is 0 Å². The first-order valence-electron chi connectivity index (χ1n) is 7.65. The van der Waals surface area contributed by atoms with Crippen LogP contribution in [0.1, 0.15) is 0 Å². The van der Waals surface area contributed by atoms with Crippen LogP contribution in [0.15, 0.2) is 79.0 Å². The average molecular weight is 358 g/mol. The van der Waals surface area contributed by atoms with Crippen LogP contribution in [0.5, 0.6) is 0 Å². The topological polar surface area (TPSA) is 12.9 Å². The van der Waals surface area contributed by atoms with Gasteiger partial charge in [0.2, 0.25) is 0 Å². The van der Waals surface area contributed by atoms with Gasteiger partial charge in [0, 0.05) is 0 Å². The van der Waals surface area contributed by atoms with Gasteiger partial charge in [-0.25, -0.2) is 0 Å². The molecule has 3 aromatic carbocycles. The van der Waals surface area contributed by atoms with E-state index in [0.29, 0.717) is 14.5 Å². The second-order valence-electron chi connectivity index (χ2n) is 5.70. The van der Waals surface area contributed by atoms with E-state index in [-0.39, 0.29) is 0 Å². The summed E-state index contributed by atoms with van der Waals surface area (Å²) in [5.74, 6) is 0. The van der Waals surface area contributed by atoms with Gasteiger partial charge in [-0.05, 0) is 0 Å². The Morgan fingerprint density at radius 1 is 0.739 bits per heavy atom. The van der Waals surface area contributed by atoms with Gasteiger partial charge in [0.1, 0.15) is 0 Å². The quantitative estimate of drug-likeness (QED) is 0.372. The molecule has 0 bridgehead atoms. The van der Waals surface area contributed by atoms with Gasteiger partial charge < -0.3 is 0 Å². The Kier molecular flexibility index (Phi) is 2.87. The van der Waals surface area contributed by atoms with E-state index < -0.39 is 0 Å². The van der Waals surface area contributed by atoms with Gasteiger partial charge in [0.15, 0.2) is 0 Å². The predicted octanol–water partition coefficient (Wildman–Crippen LogP) is 5.27. The SMILES string of the molecule is c1ccc(-c2ccnc3c2[se]c2cc4ccccc4cc23)cc1. The van der Waals surface area contributed by atoms with Gasteiger partial charge in [-0.2, -0.15) is 0 Å². The fraction of sp³-hybridized carbons (Fsp3) is 0. The number of rotatable bonds is 1. The van der Waals surface area contributed by atoms with Crippen molar-refractivity contribution in [1.29, 1.82) is 0 Å². The number of pyridine rings is 1. The van der Waals surface area contributed by atoms with Crippen molar-refractivity contribution in [2.45, 2.75) is 0 Å². The number of benzene rings is 3. The summed E-state index contributed by atoms with van der Waals surface area (Å²) in [6, 6.07) is 26.0. The molecule has 0 spiro atoms. The summed E-state index contributed by atoms with van der Waals surface area (Å²) in [5, 5.41) is 3.93. The van der Waals surface area contributed by atoms with Crippen LogP contribution in [-0.2, 0) is 0 Å². The zero-order valence-electron chi connectivity index (χ0n) is 12.4. The predicted molar refractivity (Wildman–Crippen MR) is 99.1 cm³/mol. The molecule has 0 radical (unpaired) electrons. The fourth-order valence-electron chi connectivity index (χ4n) is 3.19. The Morgan fingerprint density at radius 3 is 2.30 bits per heavy atom. The van der Waals surface area contributed by atoms with E-state index in [9.17, 15) is 0 Å². The molecule has 5 rings (SSSR count).